The number of rotatable bonds is 9. The van der Waals surface area contributed by atoms with Crippen molar-refractivity contribution in [2.24, 2.45) is 0 Å². The second-order valence-electron chi connectivity index (χ2n) is 14.9. The van der Waals surface area contributed by atoms with Crippen molar-refractivity contribution in [1.82, 2.24) is 0 Å². The van der Waals surface area contributed by atoms with Crippen LogP contribution < -0.4 is 4.90 Å². The van der Waals surface area contributed by atoms with Crippen LogP contribution in [0.5, 0.6) is 0 Å². The lowest BCUT2D eigenvalue weighted by atomic mass is 9.95. The monoisotopic (exact) mass is 751 g/mol. The molecule has 0 bridgehead atoms. The second kappa shape index (κ2) is 16.0. The summed E-state index contributed by atoms with van der Waals surface area (Å²) in [5, 5.41) is 2.52. The van der Waals surface area contributed by atoms with E-state index in [0.29, 0.717) is 0 Å². The molecule has 1 heteroatoms. The van der Waals surface area contributed by atoms with Crippen LogP contribution >= 0.6 is 0 Å². The average molecular weight is 752 g/mol. The Kier molecular flexibility index (Phi) is 9.68. The molecule has 0 atom stereocenters. The number of anilines is 3. The molecule has 0 amide bonds. The highest BCUT2D eigenvalue weighted by atomic mass is 15.1. The van der Waals surface area contributed by atoms with Crippen molar-refractivity contribution in [2.45, 2.75) is 0 Å². The largest absolute Gasteiger partial charge is 0.310 e. The molecule has 0 radical (unpaired) electrons. The predicted octanol–water partition coefficient (Wildman–Crippen LogP) is 16.3. The molecule has 0 aromatic heterocycles. The molecule has 0 saturated carbocycles. The Morgan fingerprint density at radius 2 is 0.576 bits per heavy atom. The van der Waals surface area contributed by atoms with Gasteiger partial charge in [-0.2, -0.15) is 0 Å². The van der Waals surface area contributed by atoms with E-state index >= 15 is 0 Å². The fraction of sp³-hybridized carbons (Fsp3) is 0. The summed E-state index contributed by atoms with van der Waals surface area (Å²) in [5.41, 5.74) is 17.7. The lowest BCUT2D eigenvalue weighted by Crippen LogP contribution is -2.11. The van der Waals surface area contributed by atoms with Crippen LogP contribution in [0, 0.1) is 0 Å². The minimum atomic E-state index is 1.09. The van der Waals surface area contributed by atoms with Crippen LogP contribution in [0.1, 0.15) is 0 Å². The zero-order valence-electron chi connectivity index (χ0n) is 32.6. The molecule has 10 rings (SSSR count). The summed E-state index contributed by atoms with van der Waals surface area (Å²) in [5.74, 6) is 0. The van der Waals surface area contributed by atoms with Crippen LogP contribution in [-0.4, -0.2) is 0 Å². The SMILES string of the molecule is c1ccc(-c2ccc(-c3ccc(N(c4ccc(-c5cccc(-c6cccc7ccccc67)c5)cc4)c4ccccc4-c4cccc(-c5ccccc5)c4)cc3)cc2)cc1. The molecule has 1 nitrogen and oxygen atoms in total. The summed E-state index contributed by atoms with van der Waals surface area (Å²) < 4.78 is 0. The van der Waals surface area contributed by atoms with Crippen molar-refractivity contribution in [1.29, 1.82) is 0 Å². The van der Waals surface area contributed by atoms with Crippen molar-refractivity contribution >= 4 is 27.8 Å². The summed E-state index contributed by atoms with van der Waals surface area (Å²) in [6.45, 7) is 0. The van der Waals surface area contributed by atoms with Gasteiger partial charge in [0.2, 0.25) is 0 Å². The predicted molar refractivity (Wildman–Crippen MR) is 251 cm³/mol. The normalized spacial score (nSPS) is 11.1. The van der Waals surface area contributed by atoms with Gasteiger partial charge in [-0.1, -0.05) is 206 Å². The van der Waals surface area contributed by atoms with Gasteiger partial charge in [0, 0.05) is 16.9 Å². The van der Waals surface area contributed by atoms with Crippen LogP contribution in [0.3, 0.4) is 0 Å². The van der Waals surface area contributed by atoms with E-state index in [2.05, 4.69) is 254 Å². The maximum Gasteiger partial charge on any atom is 0.0540 e. The molecule has 0 spiro atoms. The molecule has 0 unspecified atom stereocenters. The van der Waals surface area contributed by atoms with E-state index in [-0.39, 0.29) is 0 Å². The molecular weight excluding hydrogens is 711 g/mol. The Morgan fingerprint density at radius 3 is 1.17 bits per heavy atom. The van der Waals surface area contributed by atoms with E-state index in [9.17, 15) is 0 Å². The number of fused-ring (bicyclic) bond motifs is 1. The van der Waals surface area contributed by atoms with Crippen LogP contribution in [0.25, 0.3) is 77.5 Å². The third kappa shape index (κ3) is 7.34. The van der Waals surface area contributed by atoms with Crippen LogP contribution in [0.4, 0.5) is 17.1 Å². The smallest absolute Gasteiger partial charge is 0.0540 e. The minimum absolute atomic E-state index is 1.09. The highest BCUT2D eigenvalue weighted by molar-refractivity contribution is 5.97. The molecule has 59 heavy (non-hydrogen) atoms. The molecule has 0 heterocycles. The number of para-hydroxylation sites is 1. The second-order valence-corrected chi connectivity index (χ2v) is 14.9. The standard InChI is InChI=1S/C58H41N/c1-3-14-42(15-4-1)44-28-30-45(31-29-44)46-32-36-53(37-33-46)59(58-27-10-9-25-57(58)52-23-12-20-49(41-52)43-16-5-2-6-17-43)54-38-34-47(35-39-54)50-21-11-22-51(40-50)56-26-13-19-48-18-7-8-24-55(48)56/h1-41H. The summed E-state index contributed by atoms with van der Waals surface area (Å²) in [6.07, 6.45) is 0. The quantitative estimate of drug-likeness (QED) is 0.142. The lowest BCUT2D eigenvalue weighted by molar-refractivity contribution is 1.28. The van der Waals surface area contributed by atoms with E-state index in [1.165, 1.54) is 72.0 Å². The summed E-state index contributed by atoms with van der Waals surface area (Å²) >= 11 is 0. The van der Waals surface area contributed by atoms with E-state index < -0.39 is 0 Å². The summed E-state index contributed by atoms with van der Waals surface area (Å²) in [4.78, 5) is 2.39. The van der Waals surface area contributed by atoms with Crippen LogP contribution in [0.2, 0.25) is 0 Å². The molecule has 0 aliphatic rings. The molecule has 278 valence electrons. The fourth-order valence-electron chi connectivity index (χ4n) is 8.27. The maximum atomic E-state index is 2.39. The first-order valence-corrected chi connectivity index (χ1v) is 20.2. The molecular formula is C58H41N. The van der Waals surface area contributed by atoms with Crippen molar-refractivity contribution < 1.29 is 0 Å². The molecule has 0 aliphatic carbocycles. The molecule has 0 aliphatic heterocycles. The fourth-order valence-corrected chi connectivity index (χ4v) is 8.27. The molecule has 0 saturated heterocycles. The van der Waals surface area contributed by atoms with Gasteiger partial charge < -0.3 is 4.90 Å². The van der Waals surface area contributed by atoms with E-state index in [0.717, 1.165) is 22.6 Å². The minimum Gasteiger partial charge on any atom is -0.310 e. The van der Waals surface area contributed by atoms with Gasteiger partial charge in [-0.25, -0.2) is 0 Å². The molecule has 0 fully saturated rings. The third-order valence-electron chi connectivity index (χ3n) is 11.3. The first-order chi connectivity index (χ1) is 29.2. The molecule has 0 N–H and O–H groups in total. The van der Waals surface area contributed by atoms with Crippen molar-refractivity contribution in [3.05, 3.63) is 249 Å². The Hall–Kier alpha value is -7.74. The maximum absolute atomic E-state index is 2.39. The van der Waals surface area contributed by atoms with Gasteiger partial charge in [-0.05, 0) is 114 Å². The van der Waals surface area contributed by atoms with Gasteiger partial charge in [0.05, 0.1) is 5.69 Å². The summed E-state index contributed by atoms with van der Waals surface area (Å²) in [7, 11) is 0. The summed E-state index contributed by atoms with van der Waals surface area (Å²) in [6, 6.07) is 89.8. The van der Waals surface area contributed by atoms with Gasteiger partial charge in [-0.3, -0.25) is 0 Å². The van der Waals surface area contributed by atoms with Crippen molar-refractivity contribution in [2.75, 3.05) is 4.90 Å². The Morgan fingerprint density at radius 1 is 0.220 bits per heavy atom. The van der Waals surface area contributed by atoms with Gasteiger partial charge in [-0.15, -0.1) is 0 Å². The average Bonchev–Trinajstić information content (AvgIpc) is 3.33. The zero-order valence-corrected chi connectivity index (χ0v) is 32.6. The number of hydrogen-bond donors (Lipinski definition) is 0. The van der Waals surface area contributed by atoms with Gasteiger partial charge >= 0.3 is 0 Å². The third-order valence-corrected chi connectivity index (χ3v) is 11.3. The van der Waals surface area contributed by atoms with E-state index in [4.69, 9.17) is 0 Å². The van der Waals surface area contributed by atoms with Gasteiger partial charge in [0.25, 0.3) is 0 Å². The van der Waals surface area contributed by atoms with Crippen molar-refractivity contribution in [3.8, 4) is 66.8 Å². The number of nitrogens with zero attached hydrogens (tertiary/aromatic N) is 1. The zero-order chi connectivity index (χ0) is 39.4. The first-order valence-electron chi connectivity index (χ1n) is 20.2. The number of hydrogen-bond acceptors (Lipinski definition) is 1. The highest BCUT2D eigenvalue weighted by Gasteiger charge is 2.18. The molecule has 10 aromatic carbocycles. The van der Waals surface area contributed by atoms with Gasteiger partial charge in [0.1, 0.15) is 0 Å². The Labute approximate surface area is 346 Å². The Balaban J connectivity index is 1.04. The number of benzene rings is 10. The van der Waals surface area contributed by atoms with E-state index in [1.54, 1.807) is 0 Å². The van der Waals surface area contributed by atoms with Crippen LogP contribution in [-0.2, 0) is 0 Å². The topological polar surface area (TPSA) is 3.24 Å². The highest BCUT2D eigenvalue weighted by Crippen LogP contribution is 2.43. The van der Waals surface area contributed by atoms with E-state index in [1.807, 2.05) is 0 Å². The Bertz CT molecular complexity index is 3000. The molecule has 10 aromatic rings. The van der Waals surface area contributed by atoms with Crippen LogP contribution in [0.15, 0.2) is 249 Å². The first kappa shape index (κ1) is 35.7. The lowest BCUT2D eigenvalue weighted by Gasteiger charge is -2.28. The van der Waals surface area contributed by atoms with Crippen molar-refractivity contribution in [3.63, 3.8) is 0 Å². The van der Waals surface area contributed by atoms with Gasteiger partial charge in [0.15, 0.2) is 0 Å².